The monoisotopic (exact) mass is 347 g/mol. The van der Waals surface area contributed by atoms with E-state index in [1.165, 1.54) is 11.8 Å². The topological polar surface area (TPSA) is 58.6 Å². The molecular weight excluding hydrogens is 330 g/mol. The first-order valence-corrected chi connectivity index (χ1v) is 9.02. The predicted molar refractivity (Wildman–Crippen MR) is 102 cm³/mol. The van der Waals surface area contributed by atoms with Crippen LogP contribution in [0.25, 0.3) is 21.9 Å². The number of para-hydroxylation sites is 3. The highest BCUT2D eigenvalue weighted by Crippen LogP contribution is 2.29. The standard InChI is InChI=1S/C20H17N3OS/c1-12-20(23-18-10-6-5-9-17(18)22-12)25-13(2)19(24)15-11-21-16-8-4-3-7-14(15)16/h3-11,13,21H,1-2H3/t13-/m1/s1. The summed E-state index contributed by atoms with van der Waals surface area (Å²) >= 11 is 1.46. The van der Waals surface area contributed by atoms with Crippen LogP contribution in [0, 0.1) is 6.92 Å². The molecule has 0 aliphatic rings. The molecular formula is C20H17N3OS. The number of H-pyrrole nitrogens is 1. The Kier molecular flexibility index (Phi) is 4.01. The average Bonchev–Trinajstić information content (AvgIpc) is 3.05. The molecule has 0 aliphatic heterocycles. The highest BCUT2D eigenvalue weighted by Gasteiger charge is 2.21. The van der Waals surface area contributed by atoms with Crippen molar-refractivity contribution in [2.45, 2.75) is 24.1 Å². The Morgan fingerprint density at radius 3 is 2.52 bits per heavy atom. The number of thioether (sulfide) groups is 1. The van der Waals surface area contributed by atoms with E-state index in [-0.39, 0.29) is 11.0 Å². The highest BCUT2D eigenvalue weighted by molar-refractivity contribution is 8.00. The third-order valence-corrected chi connectivity index (χ3v) is 5.39. The summed E-state index contributed by atoms with van der Waals surface area (Å²) in [5, 5.41) is 1.52. The second-order valence-corrected chi connectivity index (χ2v) is 7.30. The molecule has 4 rings (SSSR count). The lowest BCUT2D eigenvalue weighted by Crippen LogP contribution is -2.13. The maximum absolute atomic E-state index is 12.9. The first-order valence-electron chi connectivity index (χ1n) is 8.14. The van der Waals surface area contributed by atoms with E-state index in [4.69, 9.17) is 0 Å². The van der Waals surface area contributed by atoms with Crippen molar-refractivity contribution in [1.82, 2.24) is 15.0 Å². The van der Waals surface area contributed by atoms with Crippen LogP contribution < -0.4 is 0 Å². The number of hydrogen-bond acceptors (Lipinski definition) is 4. The minimum Gasteiger partial charge on any atom is -0.360 e. The van der Waals surface area contributed by atoms with Crippen LogP contribution in [0.3, 0.4) is 0 Å². The van der Waals surface area contributed by atoms with Crippen molar-refractivity contribution in [2.75, 3.05) is 0 Å². The molecule has 0 aliphatic carbocycles. The van der Waals surface area contributed by atoms with Gasteiger partial charge in [0.05, 0.1) is 22.0 Å². The number of rotatable bonds is 4. The molecule has 4 nitrogen and oxygen atoms in total. The Labute approximate surface area is 149 Å². The van der Waals surface area contributed by atoms with Gasteiger partial charge in [-0.25, -0.2) is 9.97 Å². The van der Waals surface area contributed by atoms with Crippen molar-refractivity contribution >= 4 is 39.5 Å². The maximum Gasteiger partial charge on any atom is 0.178 e. The number of fused-ring (bicyclic) bond motifs is 2. The molecule has 2 heterocycles. The maximum atomic E-state index is 12.9. The summed E-state index contributed by atoms with van der Waals surface area (Å²) < 4.78 is 0. The molecule has 0 bridgehead atoms. The fourth-order valence-electron chi connectivity index (χ4n) is 2.90. The number of benzene rings is 2. The van der Waals surface area contributed by atoms with Gasteiger partial charge in [0.15, 0.2) is 5.78 Å². The summed E-state index contributed by atoms with van der Waals surface area (Å²) in [6.07, 6.45) is 1.79. The smallest absolute Gasteiger partial charge is 0.178 e. The Morgan fingerprint density at radius 2 is 1.72 bits per heavy atom. The Balaban J connectivity index is 1.64. The summed E-state index contributed by atoms with van der Waals surface area (Å²) in [5.74, 6) is 0.0943. The van der Waals surface area contributed by atoms with Crippen molar-refractivity contribution in [3.63, 3.8) is 0 Å². The van der Waals surface area contributed by atoms with Gasteiger partial charge in [-0.2, -0.15) is 0 Å². The average molecular weight is 347 g/mol. The molecule has 0 saturated carbocycles. The third kappa shape index (κ3) is 2.91. The Hall–Kier alpha value is -2.66. The summed E-state index contributed by atoms with van der Waals surface area (Å²) in [6.45, 7) is 3.86. The molecule has 5 heteroatoms. The van der Waals surface area contributed by atoms with Crippen LogP contribution in [-0.2, 0) is 0 Å². The van der Waals surface area contributed by atoms with Crippen molar-refractivity contribution in [3.05, 3.63) is 66.0 Å². The van der Waals surface area contributed by atoms with Gasteiger partial charge in [-0.3, -0.25) is 4.79 Å². The van der Waals surface area contributed by atoms with E-state index < -0.39 is 0 Å². The van der Waals surface area contributed by atoms with Gasteiger partial charge in [-0.1, -0.05) is 42.1 Å². The van der Waals surface area contributed by atoms with Crippen LogP contribution in [0.2, 0.25) is 0 Å². The lowest BCUT2D eigenvalue weighted by atomic mass is 10.1. The second kappa shape index (κ2) is 6.33. The van der Waals surface area contributed by atoms with E-state index in [1.807, 2.05) is 62.4 Å². The van der Waals surface area contributed by atoms with Gasteiger partial charge in [0.25, 0.3) is 0 Å². The molecule has 25 heavy (non-hydrogen) atoms. The highest BCUT2D eigenvalue weighted by atomic mass is 32.2. The van der Waals surface area contributed by atoms with Gasteiger partial charge >= 0.3 is 0 Å². The van der Waals surface area contributed by atoms with Gasteiger partial charge in [0.2, 0.25) is 0 Å². The molecule has 2 aromatic carbocycles. The van der Waals surface area contributed by atoms with Crippen molar-refractivity contribution in [2.24, 2.45) is 0 Å². The van der Waals surface area contributed by atoms with Crippen LogP contribution in [0.1, 0.15) is 23.0 Å². The zero-order valence-electron chi connectivity index (χ0n) is 14.0. The molecule has 0 spiro atoms. The number of aryl methyl sites for hydroxylation is 1. The van der Waals surface area contributed by atoms with Crippen LogP contribution in [0.15, 0.2) is 59.8 Å². The Morgan fingerprint density at radius 1 is 1.04 bits per heavy atom. The van der Waals surface area contributed by atoms with Gasteiger partial charge < -0.3 is 4.98 Å². The predicted octanol–water partition coefficient (Wildman–Crippen LogP) is 4.78. The van der Waals surface area contributed by atoms with E-state index in [2.05, 4.69) is 15.0 Å². The molecule has 0 amide bonds. The minimum absolute atomic E-state index is 0.0943. The van der Waals surface area contributed by atoms with Gasteiger partial charge in [-0.15, -0.1) is 0 Å². The molecule has 2 aromatic heterocycles. The van der Waals surface area contributed by atoms with Crippen molar-refractivity contribution in [3.8, 4) is 0 Å². The number of aromatic nitrogens is 3. The zero-order valence-corrected chi connectivity index (χ0v) is 14.8. The molecule has 0 fully saturated rings. The largest absolute Gasteiger partial charge is 0.360 e. The molecule has 4 aromatic rings. The van der Waals surface area contributed by atoms with Crippen LogP contribution in [-0.4, -0.2) is 26.0 Å². The molecule has 1 N–H and O–H groups in total. The number of ketones is 1. The number of hydrogen-bond donors (Lipinski definition) is 1. The first kappa shape index (κ1) is 15.8. The quantitative estimate of drug-likeness (QED) is 0.426. The van der Waals surface area contributed by atoms with E-state index >= 15 is 0 Å². The van der Waals surface area contributed by atoms with Gasteiger partial charge in [-0.05, 0) is 32.0 Å². The summed E-state index contributed by atoms with van der Waals surface area (Å²) in [5.41, 5.74) is 4.27. The third-order valence-electron chi connectivity index (χ3n) is 4.21. The van der Waals surface area contributed by atoms with E-state index in [9.17, 15) is 4.79 Å². The summed E-state index contributed by atoms with van der Waals surface area (Å²) in [7, 11) is 0. The summed E-state index contributed by atoms with van der Waals surface area (Å²) in [6, 6.07) is 15.6. The zero-order chi connectivity index (χ0) is 17.4. The van der Waals surface area contributed by atoms with Crippen LogP contribution >= 0.6 is 11.8 Å². The number of nitrogens with zero attached hydrogens (tertiary/aromatic N) is 2. The second-order valence-electron chi connectivity index (χ2n) is 5.98. The van der Waals surface area contributed by atoms with Gasteiger partial charge in [0.1, 0.15) is 5.03 Å². The van der Waals surface area contributed by atoms with Crippen molar-refractivity contribution in [1.29, 1.82) is 0 Å². The number of carbonyl (C=O) groups is 1. The number of Topliss-reactive ketones (excluding diaryl/α,β-unsaturated/α-hetero) is 1. The molecule has 0 radical (unpaired) electrons. The van der Waals surface area contributed by atoms with E-state index in [0.717, 1.165) is 38.2 Å². The fraction of sp³-hybridized carbons (Fsp3) is 0.150. The van der Waals surface area contributed by atoms with Crippen LogP contribution in [0.4, 0.5) is 0 Å². The first-order chi connectivity index (χ1) is 12.1. The molecule has 0 saturated heterocycles. The van der Waals surface area contributed by atoms with Gasteiger partial charge in [0, 0.05) is 22.7 Å². The lowest BCUT2D eigenvalue weighted by molar-refractivity contribution is 0.0995. The normalized spacial score (nSPS) is 12.6. The molecule has 1 atom stereocenters. The number of carbonyl (C=O) groups excluding carboxylic acids is 1. The molecule has 124 valence electrons. The van der Waals surface area contributed by atoms with Crippen LogP contribution in [0.5, 0.6) is 0 Å². The lowest BCUT2D eigenvalue weighted by Gasteiger charge is -2.11. The van der Waals surface area contributed by atoms with E-state index in [1.54, 1.807) is 6.20 Å². The number of nitrogens with one attached hydrogen (secondary N) is 1. The summed E-state index contributed by atoms with van der Waals surface area (Å²) in [4.78, 5) is 25.4. The minimum atomic E-state index is -0.242. The van der Waals surface area contributed by atoms with Crippen molar-refractivity contribution < 1.29 is 4.79 Å². The molecule has 0 unspecified atom stereocenters. The number of aromatic amines is 1. The fourth-order valence-corrected chi connectivity index (χ4v) is 3.84. The van der Waals surface area contributed by atoms with E-state index in [0.29, 0.717) is 0 Å². The Bertz CT molecular complexity index is 1090. The SMILES string of the molecule is Cc1nc2ccccc2nc1S[C@H](C)C(=O)c1c[nH]c2ccccc12.